The molecule has 2 atom stereocenters. The van der Waals surface area contributed by atoms with E-state index in [0.717, 1.165) is 25.8 Å². The normalized spacial score (nSPS) is 23.0. The van der Waals surface area contributed by atoms with Crippen molar-refractivity contribution in [3.05, 3.63) is 71.8 Å². The van der Waals surface area contributed by atoms with Gasteiger partial charge in [-0.25, -0.2) is 4.39 Å². The molecule has 0 saturated heterocycles. The predicted octanol–water partition coefficient (Wildman–Crippen LogP) is 4.44. The van der Waals surface area contributed by atoms with Gasteiger partial charge in [-0.1, -0.05) is 54.0 Å². The molecule has 0 spiro atoms. The molecule has 2 saturated carbocycles. The molecule has 0 radical (unpaired) electrons. The fourth-order valence-corrected chi connectivity index (χ4v) is 4.08. The minimum atomic E-state index is -0.336. The van der Waals surface area contributed by atoms with Gasteiger partial charge in [0.2, 0.25) is 0 Å². The van der Waals surface area contributed by atoms with E-state index < -0.39 is 0 Å². The van der Waals surface area contributed by atoms with Crippen LogP contribution in [-0.4, -0.2) is 22.7 Å². The average molecular weight is 363 g/mol. The monoisotopic (exact) mass is 363 g/mol. The molecule has 138 valence electrons. The van der Waals surface area contributed by atoms with Crippen LogP contribution >= 0.6 is 0 Å². The summed E-state index contributed by atoms with van der Waals surface area (Å²) in [6.07, 6.45) is 4.42. The Morgan fingerprint density at radius 2 is 1.85 bits per heavy atom. The molecule has 2 aliphatic carbocycles. The van der Waals surface area contributed by atoms with Gasteiger partial charge in [-0.3, -0.25) is 0 Å². The number of aromatic nitrogens is 2. The summed E-state index contributed by atoms with van der Waals surface area (Å²) in [4.78, 5) is 4.55. The quantitative estimate of drug-likeness (QED) is 0.703. The highest BCUT2D eigenvalue weighted by atomic mass is 19.1. The molecule has 27 heavy (non-hydrogen) atoms. The zero-order valence-electron chi connectivity index (χ0n) is 15.1. The zero-order chi connectivity index (χ0) is 18.3. The summed E-state index contributed by atoms with van der Waals surface area (Å²) in [5.74, 6) is 1.24. The lowest BCUT2D eigenvalue weighted by Crippen LogP contribution is -2.45. The zero-order valence-corrected chi connectivity index (χ0v) is 15.1. The van der Waals surface area contributed by atoms with Crippen LogP contribution in [0.3, 0.4) is 0 Å². The highest BCUT2D eigenvalue weighted by Crippen LogP contribution is 2.45. The Morgan fingerprint density at radius 1 is 1.07 bits per heavy atom. The molecule has 1 aromatic heterocycles. The van der Waals surface area contributed by atoms with E-state index in [0.29, 0.717) is 23.3 Å². The van der Waals surface area contributed by atoms with Crippen LogP contribution in [0.25, 0.3) is 11.5 Å². The van der Waals surface area contributed by atoms with Crippen molar-refractivity contribution < 1.29 is 8.91 Å². The van der Waals surface area contributed by atoms with Crippen LogP contribution in [0.15, 0.2) is 59.1 Å². The molecule has 1 heterocycles. The fourth-order valence-electron chi connectivity index (χ4n) is 4.08. The van der Waals surface area contributed by atoms with Crippen molar-refractivity contribution in [3.8, 4) is 11.5 Å². The lowest BCUT2D eigenvalue weighted by Gasteiger charge is -2.39. The van der Waals surface area contributed by atoms with Crippen molar-refractivity contribution >= 4 is 0 Å². The minimum absolute atomic E-state index is 0.0865. The summed E-state index contributed by atoms with van der Waals surface area (Å²) >= 11 is 0. The molecule has 0 bridgehead atoms. The molecule has 2 aliphatic rings. The van der Waals surface area contributed by atoms with E-state index in [1.165, 1.54) is 18.1 Å². The topological polar surface area (TPSA) is 51.0 Å². The van der Waals surface area contributed by atoms with Crippen LogP contribution in [0.5, 0.6) is 0 Å². The largest absolute Gasteiger partial charge is 0.334 e. The van der Waals surface area contributed by atoms with Gasteiger partial charge in [0.25, 0.3) is 5.89 Å². The van der Waals surface area contributed by atoms with Crippen LogP contribution in [0.1, 0.15) is 43.0 Å². The molecule has 5 rings (SSSR count). The molecule has 2 fully saturated rings. The minimum Gasteiger partial charge on any atom is -0.334 e. The molecule has 5 heteroatoms. The number of hydrogen-bond acceptors (Lipinski definition) is 4. The SMILES string of the molecule is Fc1ccccc1-c1nc(C2(CN[C@H]3CC3c3ccccc3)CCC2)no1. The third-order valence-corrected chi connectivity index (χ3v) is 6.04. The maximum Gasteiger partial charge on any atom is 0.260 e. The second kappa shape index (κ2) is 6.57. The van der Waals surface area contributed by atoms with Crippen molar-refractivity contribution in [2.24, 2.45) is 0 Å². The second-order valence-electron chi connectivity index (χ2n) is 7.78. The second-order valence-corrected chi connectivity index (χ2v) is 7.78. The highest BCUT2D eigenvalue weighted by molar-refractivity contribution is 5.53. The van der Waals surface area contributed by atoms with E-state index in [1.54, 1.807) is 18.2 Å². The Kier molecular flexibility index (Phi) is 4.05. The van der Waals surface area contributed by atoms with Crippen molar-refractivity contribution in [2.45, 2.75) is 43.1 Å². The summed E-state index contributed by atoms with van der Waals surface area (Å²) in [6, 6.07) is 17.7. The molecule has 1 unspecified atom stereocenters. The third-order valence-electron chi connectivity index (χ3n) is 6.04. The van der Waals surface area contributed by atoms with Gasteiger partial charge >= 0.3 is 0 Å². The fraction of sp³-hybridized carbons (Fsp3) is 0.364. The number of benzene rings is 2. The summed E-state index contributed by atoms with van der Waals surface area (Å²) < 4.78 is 19.4. The molecule has 4 nitrogen and oxygen atoms in total. The first kappa shape index (κ1) is 16.6. The lowest BCUT2D eigenvalue weighted by molar-refractivity contribution is 0.211. The molecular formula is C22H22FN3O. The number of halogens is 1. The van der Waals surface area contributed by atoms with E-state index in [1.807, 2.05) is 0 Å². The van der Waals surface area contributed by atoms with E-state index in [-0.39, 0.29) is 17.1 Å². The molecule has 0 aliphatic heterocycles. The van der Waals surface area contributed by atoms with Gasteiger partial charge in [0, 0.05) is 23.9 Å². The Hall–Kier alpha value is -2.53. The average Bonchev–Trinajstić information content (AvgIpc) is 3.28. The van der Waals surface area contributed by atoms with Crippen LogP contribution < -0.4 is 5.32 Å². The van der Waals surface area contributed by atoms with Crippen LogP contribution in [0.4, 0.5) is 4.39 Å². The smallest absolute Gasteiger partial charge is 0.260 e. The van der Waals surface area contributed by atoms with Gasteiger partial charge in [-0.15, -0.1) is 0 Å². The Balaban J connectivity index is 1.29. The summed E-state index contributed by atoms with van der Waals surface area (Å²) in [6.45, 7) is 0.844. The van der Waals surface area contributed by atoms with Crippen molar-refractivity contribution in [3.63, 3.8) is 0 Å². The van der Waals surface area contributed by atoms with Gasteiger partial charge < -0.3 is 9.84 Å². The Labute approximate surface area is 157 Å². The number of hydrogen-bond donors (Lipinski definition) is 1. The van der Waals surface area contributed by atoms with E-state index in [9.17, 15) is 4.39 Å². The van der Waals surface area contributed by atoms with Gasteiger partial charge in [-0.05, 0) is 37.0 Å². The summed E-state index contributed by atoms with van der Waals surface area (Å²) in [5, 5.41) is 7.92. The van der Waals surface area contributed by atoms with Crippen LogP contribution in [-0.2, 0) is 5.41 Å². The molecule has 0 amide bonds. The van der Waals surface area contributed by atoms with Gasteiger partial charge in [-0.2, -0.15) is 4.98 Å². The number of nitrogens with one attached hydrogen (secondary N) is 1. The Bertz CT molecular complexity index is 935. The van der Waals surface area contributed by atoms with Gasteiger partial charge in [0.1, 0.15) is 5.82 Å². The molecule has 2 aromatic carbocycles. The first-order valence-electron chi connectivity index (χ1n) is 9.63. The van der Waals surface area contributed by atoms with Crippen LogP contribution in [0.2, 0.25) is 0 Å². The molecule has 3 aromatic rings. The lowest BCUT2D eigenvalue weighted by atomic mass is 9.68. The van der Waals surface area contributed by atoms with E-state index in [4.69, 9.17) is 4.52 Å². The predicted molar refractivity (Wildman–Crippen MR) is 101 cm³/mol. The summed E-state index contributed by atoms with van der Waals surface area (Å²) in [5.41, 5.74) is 1.68. The third kappa shape index (κ3) is 3.06. The summed E-state index contributed by atoms with van der Waals surface area (Å²) in [7, 11) is 0. The standard InChI is InChI=1S/C22H22FN3O/c23-18-10-5-4-9-16(18)20-25-21(26-27-20)22(11-6-12-22)14-24-19-13-17(19)15-7-2-1-3-8-15/h1-5,7-10,17,19,24H,6,11-14H2/t17?,19-/m0/s1. The van der Waals surface area contributed by atoms with Crippen molar-refractivity contribution in [1.82, 2.24) is 15.5 Å². The first-order valence-corrected chi connectivity index (χ1v) is 9.63. The van der Waals surface area contributed by atoms with E-state index >= 15 is 0 Å². The maximum absolute atomic E-state index is 14.0. The van der Waals surface area contributed by atoms with Crippen molar-refractivity contribution in [2.75, 3.05) is 6.54 Å². The van der Waals surface area contributed by atoms with Gasteiger partial charge in [0.05, 0.1) is 5.56 Å². The maximum atomic E-state index is 14.0. The van der Waals surface area contributed by atoms with Crippen molar-refractivity contribution in [1.29, 1.82) is 0 Å². The van der Waals surface area contributed by atoms with E-state index in [2.05, 4.69) is 45.8 Å². The Morgan fingerprint density at radius 3 is 2.59 bits per heavy atom. The van der Waals surface area contributed by atoms with Gasteiger partial charge in [0.15, 0.2) is 5.82 Å². The van der Waals surface area contributed by atoms with Crippen LogP contribution in [0, 0.1) is 5.82 Å². The highest BCUT2D eigenvalue weighted by Gasteiger charge is 2.46. The molecule has 1 N–H and O–H groups in total. The number of rotatable bonds is 6. The molecular weight excluding hydrogens is 341 g/mol. The number of nitrogens with zero attached hydrogens (tertiary/aromatic N) is 2. The first-order chi connectivity index (χ1) is 13.3.